The van der Waals surface area contributed by atoms with Crippen molar-refractivity contribution in [2.45, 2.75) is 24.9 Å². The third kappa shape index (κ3) is 3.33. The van der Waals surface area contributed by atoms with Gasteiger partial charge in [-0.1, -0.05) is 13.8 Å². The van der Waals surface area contributed by atoms with Gasteiger partial charge < -0.3 is 5.11 Å². The number of aromatic carboxylic acids is 1. The van der Waals surface area contributed by atoms with Crippen LogP contribution in [0.3, 0.4) is 0 Å². The van der Waals surface area contributed by atoms with Crippen molar-refractivity contribution in [3.8, 4) is 0 Å². The van der Waals surface area contributed by atoms with E-state index in [4.69, 9.17) is 5.11 Å². The monoisotopic (exact) mass is 212 g/mol. The molecule has 5 heteroatoms. The Morgan fingerprint density at radius 2 is 2.07 bits per heavy atom. The van der Waals surface area contributed by atoms with Crippen molar-refractivity contribution in [3.63, 3.8) is 0 Å². The van der Waals surface area contributed by atoms with E-state index in [-0.39, 0.29) is 5.56 Å². The molecule has 0 fully saturated rings. The molecule has 0 aromatic carbocycles. The number of carboxylic acid groups (broad SMARTS) is 1. The average molecular weight is 212 g/mol. The molecule has 0 atom stereocenters. The van der Waals surface area contributed by atoms with Crippen LogP contribution in [0.15, 0.2) is 12.4 Å². The second-order valence-corrected chi connectivity index (χ2v) is 4.62. The summed E-state index contributed by atoms with van der Waals surface area (Å²) < 4.78 is 0. The lowest BCUT2D eigenvalue weighted by atomic mass is 10.3. The fourth-order valence-corrected chi connectivity index (χ4v) is 1.41. The van der Waals surface area contributed by atoms with E-state index in [0.717, 1.165) is 5.75 Å². The van der Waals surface area contributed by atoms with E-state index < -0.39 is 5.97 Å². The van der Waals surface area contributed by atoms with E-state index in [2.05, 4.69) is 23.8 Å². The van der Waals surface area contributed by atoms with Gasteiger partial charge in [0.25, 0.3) is 0 Å². The second-order valence-electron chi connectivity index (χ2n) is 3.05. The molecular formula is C9H12N2O2S. The van der Waals surface area contributed by atoms with Crippen LogP contribution in [0.25, 0.3) is 0 Å². The molecule has 0 saturated heterocycles. The molecule has 1 rings (SSSR count). The highest BCUT2D eigenvalue weighted by atomic mass is 32.2. The van der Waals surface area contributed by atoms with Gasteiger partial charge in [0.05, 0.1) is 11.3 Å². The summed E-state index contributed by atoms with van der Waals surface area (Å²) in [4.78, 5) is 18.4. The van der Waals surface area contributed by atoms with Gasteiger partial charge in [-0.25, -0.2) is 14.8 Å². The predicted octanol–water partition coefficient (Wildman–Crippen LogP) is 1.82. The Bertz CT molecular complexity index is 311. The van der Waals surface area contributed by atoms with E-state index in [1.807, 2.05) is 0 Å². The molecule has 0 aliphatic rings. The maximum Gasteiger partial charge on any atom is 0.338 e. The maximum absolute atomic E-state index is 10.5. The summed E-state index contributed by atoms with van der Waals surface area (Å²) in [7, 11) is 0. The number of thioether (sulfide) groups is 1. The van der Waals surface area contributed by atoms with Crippen LogP contribution in [-0.4, -0.2) is 26.3 Å². The lowest BCUT2D eigenvalue weighted by molar-refractivity contribution is 0.0696. The molecule has 0 unspecified atom stereocenters. The summed E-state index contributed by atoms with van der Waals surface area (Å²) >= 11 is 1.73. The first kappa shape index (κ1) is 11.0. The summed E-state index contributed by atoms with van der Waals surface area (Å²) in [5, 5.41) is 9.13. The molecule has 0 bridgehead atoms. The molecule has 0 spiro atoms. The molecule has 0 saturated carbocycles. The molecule has 1 N–H and O–H groups in total. The third-order valence-electron chi connectivity index (χ3n) is 1.50. The highest BCUT2D eigenvalue weighted by Gasteiger charge is 2.04. The Kier molecular flexibility index (Phi) is 3.88. The summed E-state index contributed by atoms with van der Waals surface area (Å²) in [5.41, 5.74) is 0.128. The maximum atomic E-state index is 10.5. The second kappa shape index (κ2) is 4.95. The fourth-order valence-electron chi connectivity index (χ4n) is 0.781. The predicted molar refractivity (Wildman–Crippen MR) is 55.4 cm³/mol. The van der Waals surface area contributed by atoms with E-state index in [1.54, 1.807) is 11.8 Å². The molecular weight excluding hydrogens is 200 g/mol. The van der Waals surface area contributed by atoms with Crippen molar-refractivity contribution >= 4 is 17.7 Å². The van der Waals surface area contributed by atoms with Gasteiger partial charge in [0.1, 0.15) is 5.82 Å². The highest BCUT2D eigenvalue weighted by Crippen LogP contribution is 2.13. The Hall–Kier alpha value is -1.10. The number of aromatic nitrogens is 2. The van der Waals surface area contributed by atoms with Crippen molar-refractivity contribution < 1.29 is 9.90 Å². The summed E-state index contributed by atoms with van der Waals surface area (Å²) in [5.74, 6) is 0.402. The smallest absolute Gasteiger partial charge is 0.338 e. The Labute approximate surface area is 86.8 Å². The first-order valence-electron chi connectivity index (χ1n) is 4.25. The van der Waals surface area contributed by atoms with Crippen LogP contribution < -0.4 is 0 Å². The normalized spacial score (nSPS) is 10.5. The number of nitrogens with zero attached hydrogens (tertiary/aromatic N) is 2. The first-order chi connectivity index (χ1) is 6.59. The van der Waals surface area contributed by atoms with Gasteiger partial charge in [-0.05, 0) is 5.25 Å². The highest BCUT2D eigenvalue weighted by molar-refractivity contribution is 7.99. The molecule has 1 heterocycles. The molecule has 76 valence electrons. The Morgan fingerprint density at radius 1 is 1.50 bits per heavy atom. The van der Waals surface area contributed by atoms with Gasteiger partial charge in [0, 0.05) is 12.4 Å². The minimum Gasteiger partial charge on any atom is -0.478 e. The number of rotatable bonds is 4. The molecule has 0 amide bonds. The Morgan fingerprint density at radius 3 is 2.50 bits per heavy atom. The minimum atomic E-state index is -0.993. The fraction of sp³-hybridized carbons (Fsp3) is 0.444. The number of carboxylic acids is 1. The van der Waals surface area contributed by atoms with E-state index in [0.29, 0.717) is 11.1 Å². The molecule has 0 aliphatic carbocycles. The van der Waals surface area contributed by atoms with Gasteiger partial charge in [-0.3, -0.25) is 0 Å². The van der Waals surface area contributed by atoms with Crippen LogP contribution in [0.2, 0.25) is 0 Å². The van der Waals surface area contributed by atoms with Crippen molar-refractivity contribution in [1.29, 1.82) is 0 Å². The van der Waals surface area contributed by atoms with Crippen LogP contribution in [0.1, 0.15) is 30.0 Å². The van der Waals surface area contributed by atoms with Crippen molar-refractivity contribution in [3.05, 3.63) is 23.8 Å². The van der Waals surface area contributed by atoms with Gasteiger partial charge in [-0.2, -0.15) is 11.8 Å². The van der Waals surface area contributed by atoms with Crippen LogP contribution in [0.5, 0.6) is 0 Å². The van der Waals surface area contributed by atoms with Gasteiger partial charge >= 0.3 is 5.97 Å². The molecule has 14 heavy (non-hydrogen) atoms. The van der Waals surface area contributed by atoms with Gasteiger partial charge in [0.15, 0.2) is 0 Å². The largest absolute Gasteiger partial charge is 0.478 e. The van der Waals surface area contributed by atoms with Gasteiger partial charge in [-0.15, -0.1) is 0 Å². The SMILES string of the molecule is CC(C)SCc1ncc(C(=O)O)cn1. The van der Waals surface area contributed by atoms with Crippen LogP contribution in [-0.2, 0) is 5.75 Å². The summed E-state index contributed by atoms with van der Waals surface area (Å²) in [6.07, 6.45) is 2.68. The topological polar surface area (TPSA) is 63.1 Å². The van der Waals surface area contributed by atoms with Crippen LogP contribution in [0, 0.1) is 0 Å². The first-order valence-corrected chi connectivity index (χ1v) is 5.30. The molecule has 4 nitrogen and oxygen atoms in total. The lowest BCUT2D eigenvalue weighted by Gasteiger charge is -2.02. The molecule has 0 radical (unpaired) electrons. The Balaban J connectivity index is 2.60. The zero-order valence-electron chi connectivity index (χ0n) is 8.10. The van der Waals surface area contributed by atoms with E-state index >= 15 is 0 Å². The molecule has 1 aromatic heterocycles. The third-order valence-corrected chi connectivity index (χ3v) is 2.59. The van der Waals surface area contributed by atoms with Crippen LogP contribution >= 0.6 is 11.8 Å². The van der Waals surface area contributed by atoms with Crippen molar-refractivity contribution in [2.75, 3.05) is 0 Å². The summed E-state index contributed by atoms with van der Waals surface area (Å²) in [6.45, 7) is 4.19. The van der Waals surface area contributed by atoms with Crippen LogP contribution in [0.4, 0.5) is 0 Å². The summed E-state index contributed by atoms with van der Waals surface area (Å²) in [6, 6.07) is 0. The number of carbonyl (C=O) groups is 1. The number of hydrogen-bond donors (Lipinski definition) is 1. The lowest BCUT2D eigenvalue weighted by Crippen LogP contribution is -2.01. The average Bonchev–Trinajstić information content (AvgIpc) is 2.15. The zero-order chi connectivity index (χ0) is 10.6. The number of hydrogen-bond acceptors (Lipinski definition) is 4. The van der Waals surface area contributed by atoms with Crippen molar-refractivity contribution in [1.82, 2.24) is 9.97 Å². The van der Waals surface area contributed by atoms with Gasteiger partial charge in [0.2, 0.25) is 0 Å². The zero-order valence-corrected chi connectivity index (χ0v) is 8.91. The molecule has 1 aromatic rings. The van der Waals surface area contributed by atoms with E-state index in [9.17, 15) is 4.79 Å². The quantitative estimate of drug-likeness (QED) is 0.824. The van der Waals surface area contributed by atoms with E-state index in [1.165, 1.54) is 12.4 Å². The van der Waals surface area contributed by atoms with Crippen molar-refractivity contribution in [2.24, 2.45) is 0 Å². The standard InChI is InChI=1S/C9H12N2O2S/c1-6(2)14-5-8-10-3-7(4-11-8)9(12)13/h3-4,6H,5H2,1-2H3,(H,12,13). The molecule has 0 aliphatic heterocycles. The minimum absolute atomic E-state index is 0.128.